The normalized spacial score (nSPS) is 22.5. The molecule has 1 fully saturated rings. The van der Waals surface area contributed by atoms with E-state index in [-0.39, 0.29) is 17.0 Å². The number of ether oxygens (including phenoxy) is 1. The lowest BCUT2D eigenvalue weighted by Gasteiger charge is -2.34. The number of carbonyl (C=O) groups excluding carboxylic acids is 1. The van der Waals surface area contributed by atoms with Gasteiger partial charge in [-0.3, -0.25) is 9.00 Å². The summed E-state index contributed by atoms with van der Waals surface area (Å²) in [6, 6.07) is 0. The fourth-order valence-electron chi connectivity index (χ4n) is 1.94. The van der Waals surface area contributed by atoms with Crippen LogP contribution >= 0.6 is 0 Å². The molecule has 0 bridgehead atoms. The van der Waals surface area contributed by atoms with Crippen molar-refractivity contribution in [1.29, 1.82) is 0 Å². The minimum atomic E-state index is -1.03. The van der Waals surface area contributed by atoms with Gasteiger partial charge in [0.15, 0.2) is 5.84 Å². The Morgan fingerprint density at radius 2 is 2.16 bits per heavy atom. The van der Waals surface area contributed by atoms with Crippen molar-refractivity contribution in [2.45, 2.75) is 25.0 Å². The highest BCUT2D eigenvalue weighted by Gasteiger charge is 2.44. The summed E-state index contributed by atoms with van der Waals surface area (Å²) < 4.78 is 16.5. The van der Waals surface area contributed by atoms with Crippen LogP contribution in [0.5, 0.6) is 0 Å². The Morgan fingerprint density at radius 1 is 1.58 bits per heavy atom. The molecule has 110 valence electrons. The van der Waals surface area contributed by atoms with Crippen LogP contribution in [-0.4, -0.2) is 52.4 Å². The van der Waals surface area contributed by atoms with Gasteiger partial charge in [-0.15, -0.1) is 0 Å². The quantitative estimate of drug-likeness (QED) is 0.271. The second-order valence-corrected chi connectivity index (χ2v) is 6.50. The molecule has 1 rings (SSSR count). The number of amidine groups is 1. The fraction of sp³-hybridized carbons (Fsp3) is 0.818. The van der Waals surface area contributed by atoms with Gasteiger partial charge in [0.25, 0.3) is 0 Å². The summed E-state index contributed by atoms with van der Waals surface area (Å²) in [7, 11) is -1.01. The molecule has 0 radical (unpaired) electrons. The lowest BCUT2D eigenvalue weighted by Crippen LogP contribution is -2.53. The lowest BCUT2D eigenvalue weighted by atomic mass is 9.78. The number of nitrogens with zero attached hydrogens (tertiary/aromatic N) is 1. The summed E-state index contributed by atoms with van der Waals surface area (Å²) in [6.07, 6.45) is 2.33. The molecule has 1 aliphatic heterocycles. The van der Waals surface area contributed by atoms with Crippen LogP contribution in [0, 0.1) is 5.41 Å². The van der Waals surface area contributed by atoms with E-state index < -0.39 is 16.2 Å². The first-order valence-electron chi connectivity index (χ1n) is 6.10. The van der Waals surface area contributed by atoms with Crippen LogP contribution in [0.4, 0.5) is 0 Å². The van der Waals surface area contributed by atoms with E-state index in [1.54, 1.807) is 13.2 Å². The number of nitrogens with one attached hydrogen (secondary N) is 1. The van der Waals surface area contributed by atoms with E-state index in [9.17, 15) is 9.00 Å². The summed E-state index contributed by atoms with van der Waals surface area (Å²) in [5, 5.41) is 14.4. The van der Waals surface area contributed by atoms with Crippen molar-refractivity contribution < 1.29 is 18.9 Å². The molecule has 1 amide bonds. The molecule has 0 aromatic carbocycles. The zero-order valence-electron chi connectivity index (χ0n) is 11.2. The number of amides is 1. The van der Waals surface area contributed by atoms with Crippen molar-refractivity contribution in [3.63, 3.8) is 0 Å². The van der Waals surface area contributed by atoms with E-state index in [0.717, 1.165) is 0 Å². The van der Waals surface area contributed by atoms with E-state index in [4.69, 9.17) is 15.7 Å². The minimum Gasteiger partial charge on any atom is -0.409 e. The van der Waals surface area contributed by atoms with Crippen LogP contribution in [0.25, 0.3) is 0 Å². The van der Waals surface area contributed by atoms with Crippen molar-refractivity contribution in [2.24, 2.45) is 16.3 Å². The van der Waals surface area contributed by atoms with Crippen molar-refractivity contribution >= 4 is 22.5 Å². The van der Waals surface area contributed by atoms with E-state index in [2.05, 4.69) is 10.5 Å². The average molecular weight is 291 g/mol. The summed E-state index contributed by atoms with van der Waals surface area (Å²) in [4.78, 5) is 12.3. The largest absolute Gasteiger partial charge is 0.409 e. The molecule has 7 nitrogen and oxygen atoms in total. The maximum atomic E-state index is 12.3. The van der Waals surface area contributed by atoms with Crippen LogP contribution in [0.15, 0.2) is 5.16 Å². The maximum Gasteiger partial charge on any atom is 0.234 e. The summed E-state index contributed by atoms with van der Waals surface area (Å²) >= 11 is 0. The third-order valence-corrected chi connectivity index (χ3v) is 4.80. The Labute approximate surface area is 115 Å². The van der Waals surface area contributed by atoms with Crippen molar-refractivity contribution in [1.82, 2.24) is 5.32 Å². The van der Waals surface area contributed by atoms with Gasteiger partial charge in [-0.2, -0.15) is 0 Å². The van der Waals surface area contributed by atoms with Crippen molar-refractivity contribution in [3.05, 3.63) is 0 Å². The Hall–Kier alpha value is -1.15. The average Bonchev–Trinajstić information content (AvgIpc) is 2.43. The van der Waals surface area contributed by atoms with Gasteiger partial charge in [-0.25, -0.2) is 0 Å². The van der Waals surface area contributed by atoms with E-state index in [1.165, 1.54) is 0 Å². The summed E-state index contributed by atoms with van der Waals surface area (Å²) in [6.45, 7) is 2.86. The van der Waals surface area contributed by atoms with Gasteiger partial charge in [0.1, 0.15) is 5.41 Å². The second-order valence-electron chi connectivity index (χ2n) is 4.70. The molecular formula is C11H21N3O4S. The zero-order chi connectivity index (χ0) is 14.5. The Bertz CT molecular complexity index is 380. The van der Waals surface area contributed by atoms with Gasteiger partial charge in [-0.05, 0) is 19.8 Å². The number of nitrogens with two attached hydrogens (primary N) is 1. The van der Waals surface area contributed by atoms with Gasteiger partial charge in [-0.1, -0.05) is 5.16 Å². The molecule has 0 aromatic rings. The van der Waals surface area contributed by atoms with Crippen molar-refractivity contribution in [2.75, 3.05) is 26.0 Å². The molecule has 0 aliphatic carbocycles. The molecule has 19 heavy (non-hydrogen) atoms. The first-order chi connectivity index (χ1) is 8.94. The van der Waals surface area contributed by atoms with Gasteiger partial charge in [0, 0.05) is 42.1 Å². The van der Waals surface area contributed by atoms with Gasteiger partial charge < -0.3 is 21.0 Å². The van der Waals surface area contributed by atoms with Crippen LogP contribution in [-0.2, 0) is 20.3 Å². The molecule has 0 spiro atoms. The van der Waals surface area contributed by atoms with Crippen LogP contribution in [0.2, 0.25) is 0 Å². The highest BCUT2D eigenvalue weighted by atomic mass is 32.2. The SMILES string of the molecule is CC(CNC(=O)C1(C(N)=NO)CCOCC1)S(C)=O. The van der Waals surface area contributed by atoms with Gasteiger partial charge in [0.05, 0.1) is 0 Å². The number of carbonyl (C=O) groups is 1. The van der Waals surface area contributed by atoms with E-state index >= 15 is 0 Å². The van der Waals surface area contributed by atoms with Crippen LogP contribution < -0.4 is 11.1 Å². The first kappa shape index (κ1) is 15.9. The van der Waals surface area contributed by atoms with Crippen molar-refractivity contribution in [3.8, 4) is 0 Å². The van der Waals surface area contributed by atoms with Crippen LogP contribution in [0.1, 0.15) is 19.8 Å². The Morgan fingerprint density at radius 3 is 2.63 bits per heavy atom. The number of hydrogen-bond acceptors (Lipinski definition) is 5. The highest BCUT2D eigenvalue weighted by molar-refractivity contribution is 7.84. The molecule has 8 heteroatoms. The van der Waals surface area contributed by atoms with E-state index in [1.807, 2.05) is 0 Å². The lowest BCUT2D eigenvalue weighted by molar-refractivity contribution is -0.131. The third-order valence-electron chi connectivity index (χ3n) is 3.50. The molecule has 1 heterocycles. The molecule has 0 saturated carbocycles. The van der Waals surface area contributed by atoms with Gasteiger partial charge in [0.2, 0.25) is 5.91 Å². The Kier molecular flexibility index (Phi) is 5.74. The Balaban J connectivity index is 2.76. The molecule has 1 saturated heterocycles. The molecule has 1 aliphatic rings. The van der Waals surface area contributed by atoms with Gasteiger partial charge >= 0.3 is 0 Å². The minimum absolute atomic E-state index is 0.0985. The molecule has 0 aromatic heterocycles. The first-order valence-corrected chi connectivity index (χ1v) is 7.72. The predicted octanol–water partition coefficient (Wildman–Crippen LogP) is -0.587. The molecule has 2 atom stereocenters. The predicted molar refractivity (Wildman–Crippen MR) is 72.4 cm³/mol. The zero-order valence-corrected chi connectivity index (χ0v) is 12.0. The third kappa shape index (κ3) is 3.66. The standard InChI is InChI=1S/C11H21N3O4S/c1-8(19(2)17)7-13-10(15)11(9(12)14-16)3-5-18-6-4-11/h8,16H,3-7H2,1-2H3,(H2,12,14)(H,13,15). The number of hydrogen-bond donors (Lipinski definition) is 3. The molecular weight excluding hydrogens is 270 g/mol. The number of rotatable bonds is 5. The smallest absolute Gasteiger partial charge is 0.234 e. The monoisotopic (exact) mass is 291 g/mol. The van der Waals surface area contributed by atoms with E-state index in [0.29, 0.717) is 32.6 Å². The second kappa shape index (κ2) is 6.85. The molecule has 2 unspecified atom stereocenters. The fourth-order valence-corrected chi connectivity index (χ4v) is 2.26. The maximum absolute atomic E-state index is 12.3. The summed E-state index contributed by atoms with van der Waals surface area (Å²) in [5.41, 5.74) is 4.65. The van der Waals surface area contributed by atoms with Crippen LogP contribution in [0.3, 0.4) is 0 Å². The molecule has 4 N–H and O–H groups in total. The highest BCUT2D eigenvalue weighted by Crippen LogP contribution is 2.31. The topological polar surface area (TPSA) is 114 Å². The summed E-state index contributed by atoms with van der Waals surface area (Å²) in [5.74, 6) is -0.401. The number of oxime groups is 1.